The number of benzene rings is 7. The van der Waals surface area contributed by atoms with Crippen LogP contribution < -0.4 is 10.6 Å². The third-order valence-corrected chi connectivity index (χ3v) is 11.2. The summed E-state index contributed by atoms with van der Waals surface area (Å²) in [6.07, 6.45) is 0. The van der Waals surface area contributed by atoms with Crippen LogP contribution in [0.15, 0.2) is 150 Å². The zero-order valence-corrected chi connectivity index (χ0v) is 40.5. The van der Waals surface area contributed by atoms with Gasteiger partial charge in [0.1, 0.15) is 26.1 Å². The molecule has 3 radical (unpaired) electrons. The molecule has 0 aliphatic rings. The van der Waals surface area contributed by atoms with E-state index in [0.717, 1.165) is 18.2 Å². The van der Waals surface area contributed by atoms with Crippen LogP contribution in [0.2, 0.25) is 0 Å². The molecule has 0 saturated carbocycles. The maximum atomic E-state index is 13.1. The number of phenols is 2. The van der Waals surface area contributed by atoms with Crippen LogP contribution in [0.5, 0.6) is 11.5 Å². The van der Waals surface area contributed by atoms with Gasteiger partial charge in [0.2, 0.25) is 0 Å². The topological polar surface area (TPSA) is 294 Å². The van der Waals surface area contributed by atoms with Gasteiger partial charge in [-0.3, -0.25) is 13.7 Å². The second kappa shape index (κ2) is 19.7. The van der Waals surface area contributed by atoms with Crippen molar-refractivity contribution in [3.63, 3.8) is 0 Å². The van der Waals surface area contributed by atoms with Crippen LogP contribution in [-0.2, 0) is 30.4 Å². The van der Waals surface area contributed by atoms with Crippen LogP contribution in [0.3, 0.4) is 0 Å². The SMILES string of the molecule is O=C(Nc1ccc2c(O)c(N=Nc3ccccc3)c(S(=O)(=O)O)cc2c1)Nc1ccc2c(O)c(N=Nc3ccc(S(=O)(=O)O)c4ccccc34)c(S(=O)(=O)O)cc2c1.[Na].[Na].[Na]. The Morgan fingerprint density at radius 2 is 0.902 bits per heavy atom. The maximum absolute atomic E-state index is 13.1. The van der Waals surface area contributed by atoms with Crippen LogP contribution in [0.1, 0.15) is 0 Å². The van der Waals surface area contributed by atoms with Gasteiger partial charge in [-0.25, -0.2) is 4.79 Å². The van der Waals surface area contributed by atoms with E-state index < -0.39 is 73.9 Å². The van der Waals surface area contributed by atoms with E-state index in [0.29, 0.717) is 5.69 Å². The van der Waals surface area contributed by atoms with E-state index in [-0.39, 0.29) is 138 Å². The fraction of sp³-hybridized carbons (Fsp3) is 0. The van der Waals surface area contributed by atoms with E-state index in [1.54, 1.807) is 36.4 Å². The van der Waals surface area contributed by atoms with E-state index in [2.05, 4.69) is 31.1 Å². The Bertz CT molecular complexity index is 3270. The Morgan fingerprint density at radius 1 is 0.459 bits per heavy atom. The quantitative estimate of drug-likeness (QED) is 0.0418. The van der Waals surface area contributed by atoms with Gasteiger partial charge in [0.25, 0.3) is 30.4 Å². The minimum atomic E-state index is -5.06. The molecule has 0 aromatic heterocycles. The van der Waals surface area contributed by atoms with Crippen LogP contribution in [-0.4, -0.2) is 144 Å². The molecule has 0 heterocycles. The first kappa shape index (κ1) is 49.8. The van der Waals surface area contributed by atoms with Gasteiger partial charge in [-0.15, -0.1) is 15.3 Å². The van der Waals surface area contributed by atoms with Gasteiger partial charge in [0.05, 0.1) is 11.4 Å². The van der Waals surface area contributed by atoms with E-state index in [1.165, 1.54) is 60.7 Å². The van der Waals surface area contributed by atoms with E-state index in [1.807, 2.05) is 0 Å². The van der Waals surface area contributed by atoms with Crippen LogP contribution in [0, 0.1) is 0 Å². The number of hydrogen-bond donors (Lipinski definition) is 7. The van der Waals surface area contributed by atoms with Crippen molar-refractivity contribution in [1.29, 1.82) is 0 Å². The number of amides is 2. The van der Waals surface area contributed by atoms with Crippen molar-refractivity contribution in [2.45, 2.75) is 14.7 Å². The molecule has 0 fully saturated rings. The van der Waals surface area contributed by atoms with Crippen molar-refractivity contribution in [3.8, 4) is 11.5 Å². The summed E-state index contributed by atoms with van der Waals surface area (Å²) >= 11 is 0. The first-order valence-corrected chi connectivity index (χ1v) is 20.7. The number of fused-ring (bicyclic) bond motifs is 3. The van der Waals surface area contributed by atoms with Crippen molar-refractivity contribution >= 4 is 191 Å². The van der Waals surface area contributed by atoms with Gasteiger partial charge >= 0.3 is 6.03 Å². The summed E-state index contributed by atoms with van der Waals surface area (Å²) in [4.78, 5) is 11.1. The first-order valence-electron chi connectivity index (χ1n) is 16.4. The van der Waals surface area contributed by atoms with Gasteiger partial charge in [-0.1, -0.05) is 42.5 Å². The smallest absolute Gasteiger partial charge is 0.323 e. The number of nitrogens with one attached hydrogen (secondary N) is 2. The molecule has 0 spiro atoms. The van der Waals surface area contributed by atoms with Crippen molar-refractivity contribution in [2.24, 2.45) is 20.5 Å². The molecule has 24 heteroatoms. The molecule has 7 aromatic rings. The van der Waals surface area contributed by atoms with Gasteiger partial charge in [-0.05, 0) is 83.6 Å². The Hall–Kier alpha value is -3.88. The number of phenolic OH excluding ortho intramolecular Hbond substituents is 2. The largest absolute Gasteiger partial charge is 0.505 e. The molecule has 2 amide bonds. The maximum Gasteiger partial charge on any atom is 0.323 e. The minimum absolute atomic E-state index is 0. The van der Waals surface area contributed by atoms with Gasteiger partial charge in [0, 0.05) is 122 Å². The summed E-state index contributed by atoms with van der Waals surface area (Å²) in [6.45, 7) is 0. The molecule has 0 saturated heterocycles. The summed E-state index contributed by atoms with van der Waals surface area (Å²) in [6, 6.07) is 25.8. The Morgan fingerprint density at radius 3 is 1.38 bits per heavy atom. The molecule has 297 valence electrons. The van der Waals surface area contributed by atoms with E-state index in [4.69, 9.17) is 0 Å². The number of nitrogens with zero attached hydrogens (tertiary/aromatic N) is 4. The van der Waals surface area contributed by atoms with E-state index in [9.17, 15) is 53.9 Å². The molecule has 7 rings (SSSR count). The minimum Gasteiger partial charge on any atom is -0.505 e. The van der Waals surface area contributed by atoms with Crippen LogP contribution in [0.25, 0.3) is 32.3 Å². The molecule has 61 heavy (non-hydrogen) atoms. The number of hydrogen-bond acceptors (Lipinski definition) is 13. The molecule has 7 aromatic carbocycles. The zero-order valence-electron chi connectivity index (χ0n) is 32.1. The Labute approximate surface area is 413 Å². The van der Waals surface area contributed by atoms with Crippen molar-refractivity contribution in [1.82, 2.24) is 0 Å². The summed E-state index contributed by atoms with van der Waals surface area (Å²) in [5, 5.41) is 43.5. The summed E-state index contributed by atoms with van der Waals surface area (Å²) in [7, 11) is -14.6. The van der Waals surface area contributed by atoms with Crippen LogP contribution in [0.4, 0.5) is 38.9 Å². The molecule has 18 nitrogen and oxygen atoms in total. The number of carbonyl (C=O) groups excluding carboxylic acids is 1. The van der Waals surface area contributed by atoms with Crippen LogP contribution >= 0.6 is 0 Å². The van der Waals surface area contributed by atoms with Gasteiger partial charge in [-0.2, -0.15) is 30.4 Å². The third kappa shape index (κ3) is 11.0. The van der Waals surface area contributed by atoms with Gasteiger partial charge in [0.15, 0.2) is 11.5 Å². The first-order chi connectivity index (χ1) is 27.4. The second-order valence-corrected chi connectivity index (χ2v) is 16.6. The number of azo groups is 2. The normalized spacial score (nSPS) is 11.9. The fourth-order valence-corrected chi connectivity index (χ4v) is 8.02. The van der Waals surface area contributed by atoms with Gasteiger partial charge < -0.3 is 20.8 Å². The van der Waals surface area contributed by atoms with Crippen molar-refractivity contribution in [3.05, 3.63) is 115 Å². The molecule has 0 atom stereocenters. The molecule has 7 N–H and O–H groups in total. The summed E-state index contributed by atoms with van der Waals surface area (Å²) in [5.41, 5.74) is -0.567. The fourth-order valence-electron chi connectivity index (χ4n) is 6.01. The average Bonchev–Trinajstić information content (AvgIpc) is 3.16. The number of carbonyl (C=O) groups is 1. The zero-order chi connectivity index (χ0) is 41.6. The molecule has 0 aliphatic carbocycles. The monoisotopic (exact) mass is 911 g/mol. The predicted molar refractivity (Wildman–Crippen MR) is 229 cm³/mol. The standard InChI is InChI=1S/C37H26N6O12S3.3Na/c44-35-25-12-10-23(16-20(25)18-31(57(50,51)52)33(35)42-40-22-6-2-1-3-7-22)38-37(46)39-24-11-13-26-21(17-24)19-32(58(53,54)55)34(36(26)45)43-41-29-14-15-30(56(47,48)49)28-9-5-4-8-27(28)29;;;/h1-19,44-45H,(H2,38,39,46)(H,47,48,49)(H,50,51,52)(H,53,54,55);;;. The number of rotatable bonds is 9. The molecule has 0 aliphatic heterocycles. The Kier molecular flexibility index (Phi) is 16.0. The summed E-state index contributed by atoms with van der Waals surface area (Å²) in [5.74, 6) is -1.31. The predicted octanol–water partition coefficient (Wildman–Crippen LogP) is 7.63. The number of urea groups is 1. The van der Waals surface area contributed by atoms with Crippen molar-refractivity contribution in [2.75, 3.05) is 10.6 Å². The van der Waals surface area contributed by atoms with Crippen molar-refractivity contribution < 1.29 is 53.9 Å². The molecule has 0 unspecified atom stereocenters. The molecular weight excluding hydrogens is 886 g/mol. The number of anilines is 2. The molecule has 0 bridgehead atoms. The van der Waals surface area contributed by atoms with E-state index >= 15 is 0 Å². The second-order valence-electron chi connectivity index (χ2n) is 12.4. The number of aromatic hydroxyl groups is 2. The summed E-state index contributed by atoms with van der Waals surface area (Å²) < 4.78 is 103. The molecular formula is C37H26N6Na3O12S3. The third-order valence-electron chi connectivity index (χ3n) is 8.59. The Balaban J connectivity index is 0.00000273. The average molecular weight is 912 g/mol.